The van der Waals surface area contributed by atoms with Gasteiger partial charge < -0.3 is 14.6 Å². The first-order valence-electron chi connectivity index (χ1n) is 10.5. The second-order valence-corrected chi connectivity index (χ2v) is 7.61. The van der Waals surface area contributed by atoms with Crippen LogP contribution in [0.15, 0.2) is 89.5 Å². The maximum Gasteiger partial charge on any atom is 0.249 e. The lowest BCUT2D eigenvalue weighted by atomic mass is 10.1. The van der Waals surface area contributed by atoms with Gasteiger partial charge in [-0.25, -0.2) is 0 Å². The highest BCUT2D eigenvalue weighted by atomic mass is 16.5. The molecular formula is C26H25N3O3. The molecular weight excluding hydrogens is 402 g/mol. The fraction of sp³-hybridized carbons (Fsp3) is 0.192. The molecule has 32 heavy (non-hydrogen) atoms. The zero-order valence-electron chi connectivity index (χ0n) is 17.9. The zero-order valence-corrected chi connectivity index (χ0v) is 17.9. The van der Waals surface area contributed by atoms with Crippen molar-refractivity contribution in [2.45, 2.75) is 26.0 Å². The summed E-state index contributed by atoms with van der Waals surface area (Å²) in [6.45, 7) is 2.33. The van der Waals surface area contributed by atoms with E-state index in [4.69, 9.17) is 9.26 Å². The van der Waals surface area contributed by atoms with Crippen LogP contribution in [0.25, 0.3) is 11.4 Å². The summed E-state index contributed by atoms with van der Waals surface area (Å²) in [5.74, 6) is 0.621. The smallest absolute Gasteiger partial charge is 0.249 e. The summed E-state index contributed by atoms with van der Waals surface area (Å²) in [5, 5.41) is 7.11. The monoisotopic (exact) mass is 427 g/mol. The van der Waals surface area contributed by atoms with Crippen molar-refractivity contribution in [3.05, 3.63) is 108 Å². The van der Waals surface area contributed by atoms with Crippen molar-refractivity contribution in [1.82, 2.24) is 15.5 Å². The van der Waals surface area contributed by atoms with E-state index < -0.39 is 6.04 Å². The molecule has 162 valence electrons. The van der Waals surface area contributed by atoms with Crippen LogP contribution in [0.4, 0.5) is 0 Å². The van der Waals surface area contributed by atoms with E-state index in [1.807, 2.05) is 91.9 Å². The van der Waals surface area contributed by atoms with Gasteiger partial charge in [0.25, 0.3) is 0 Å². The number of nitrogens with one attached hydrogen (secondary N) is 1. The number of amides is 1. The van der Waals surface area contributed by atoms with Crippen molar-refractivity contribution in [2.24, 2.45) is 0 Å². The van der Waals surface area contributed by atoms with Gasteiger partial charge in [-0.2, -0.15) is 4.98 Å². The average molecular weight is 428 g/mol. The molecule has 0 saturated heterocycles. The Hall–Kier alpha value is -3.77. The Kier molecular flexibility index (Phi) is 7.05. The molecule has 6 heteroatoms. The number of carbonyl (C=O) groups is 1. The van der Waals surface area contributed by atoms with Gasteiger partial charge in [-0.15, -0.1) is 0 Å². The summed E-state index contributed by atoms with van der Waals surface area (Å²) in [4.78, 5) is 17.2. The van der Waals surface area contributed by atoms with Crippen LogP contribution in [0.3, 0.4) is 0 Å². The van der Waals surface area contributed by atoms with Crippen LogP contribution in [0.2, 0.25) is 0 Å². The highest BCUT2D eigenvalue weighted by Crippen LogP contribution is 2.22. The molecule has 0 aliphatic heterocycles. The molecule has 4 aromatic rings. The van der Waals surface area contributed by atoms with Gasteiger partial charge in [0.1, 0.15) is 12.6 Å². The molecule has 1 amide bonds. The van der Waals surface area contributed by atoms with Crippen LogP contribution < -0.4 is 5.32 Å². The lowest BCUT2D eigenvalue weighted by molar-refractivity contribution is -0.127. The van der Waals surface area contributed by atoms with Gasteiger partial charge in [0.05, 0.1) is 6.61 Å². The quantitative estimate of drug-likeness (QED) is 0.420. The van der Waals surface area contributed by atoms with Gasteiger partial charge in [-0.05, 0) is 24.1 Å². The molecule has 1 atom stereocenters. The maximum atomic E-state index is 12.6. The first-order valence-corrected chi connectivity index (χ1v) is 10.5. The van der Waals surface area contributed by atoms with Gasteiger partial charge in [0.15, 0.2) is 0 Å². The van der Waals surface area contributed by atoms with Crippen LogP contribution >= 0.6 is 0 Å². The molecule has 0 aliphatic rings. The number of aryl methyl sites for hydroxylation is 1. The Labute approximate surface area is 187 Å². The fourth-order valence-corrected chi connectivity index (χ4v) is 3.40. The molecule has 0 saturated carbocycles. The predicted octanol–water partition coefficient (Wildman–Crippen LogP) is 4.66. The molecule has 1 N–H and O–H groups in total. The molecule has 0 aliphatic carbocycles. The highest BCUT2D eigenvalue weighted by molar-refractivity contribution is 5.77. The van der Waals surface area contributed by atoms with Crippen molar-refractivity contribution in [1.29, 1.82) is 0 Å². The summed E-state index contributed by atoms with van der Waals surface area (Å²) < 4.78 is 11.1. The minimum Gasteiger partial charge on any atom is -0.367 e. The molecule has 0 spiro atoms. The Balaban J connectivity index is 1.46. The first-order chi connectivity index (χ1) is 15.7. The Morgan fingerprint density at radius 1 is 0.969 bits per heavy atom. The largest absolute Gasteiger partial charge is 0.367 e. The van der Waals surface area contributed by atoms with Crippen LogP contribution in [-0.2, 0) is 22.6 Å². The lowest BCUT2D eigenvalue weighted by Gasteiger charge is -2.15. The topological polar surface area (TPSA) is 77.2 Å². The number of rotatable bonds is 9. The number of benzene rings is 3. The van der Waals surface area contributed by atoms with E-state index in [2.05, 4.69) is 15.5 Å². The Bertz CT molecular complexity index is 1140. The average Bonchev–Trinajstić information content (AvgIpc) is 3.31. The Morgan fingerprint density at radius 2 is 1.69 bits per heavy atom. The second-order valence-electron chi connectivity index (χ2n) is 7.61. The maximum absolute atomic E-state index is 12.6. The van der Waals surface area contributed by atoms with Crippen molar-refractivity contribution in [3.8, 4) is 11.4 Å². The van der Waals surface area contributed by atoms with E-state index >= 15 is 0 Å². The van der Waals surface area contributed by atoms with Crippen LogP contribution in [0, 0.1) is 6.92 Å². The van der Waals surface area contributed by atoms with E-state index in [1.165, 1.54) is 0 Å². The number of ether oxygens (including phenoxy) is 1. The van der Waals surface area contributed by atoms with Gasteiger partial charge in [-0.1, -0.05) is 89.6 Å². The molecule has 0 unspecified atom stereocenters. The summed E-state index contributed by atoms with van der Waals surface area (Å²) >= 11 is 0. The molecule has 1 aromatic heterocycles. The van der Waals surface area contributed by atoms with Crippen molar-refractivity contribution < 1.29 is 14.1 Å². The Morgan fingerprint density at radius 3 is 2.41 bits per heavy atom. The SMILES string of the molecule is Cc1cccc(-c2noc([C@@H](Cc3ccccc3)NC(=O)COCc3ccccc3)n2)c1. The zero-order chi connectivity index (χ0) is 22.2. The molecule has 6 nitrogen and oxygen atoms in total. The van der Waals surface area contributed by atoms with E-state index in [0.717, 1.165) is 22.3 Å². The van der Waals surface area contributed by atoms with Crippen LogP contribution in [0.5, 0.6) is 0 Å². The lowest BCUT2D eigenvalue weighted by Crippen LogP contribution is -2.33. The molecule has 3 aromatic carbocycles. The van der Waals surface area contributed by atoms with Crippen LogP contribution in [-0.4, -0.2) is 22.7 Å². The minimum atomic E-state index is -0.462. The van der Waals surface area contributed by atoms with Gasteiger partial charge in [0, 0.05) is 12.0 Å². The summed E-state index contributed by atoms with van der Waals surface area (Å²) in [7, 11) is 0. The number of hydrogen-bond donors (Lipinski definition) is 1. The molecule has 4 rings (SSSR count). The van der Waals surface area contributed by atoms with Crippen molar-refractivity contribution in [3.63, 3.8) is 0 Å². The standard InChI is InChI=1S/C26H25N3O3/c1-19-9-8-14-22(15-19)25-28-26(32-29-25)23(16-20-10-4-2-5-11-20)27-24(30)18-31-17-21-12-6-3-7-13-21/h2-15,23H,16-18H2,1H3,(H,27,30)/t23-/m1/s1. The predicted molar refractivity (Wildman–Crippen MR) is 122 cm³/mol. The normalized spacial score (nSPS) is 11.8. The van der Waals surface area contributed by atoms with E-state index in [0.29, 0.717) is 24.7 Å². The summed E-state index contributed by atoms with van der Waals surface area (Å²) in [6, 6.07) is 27.1. The number of nitrogens with zero attached hydrogens (tertiary/aromatic N) is 2. The minimum absolute atomic E-state index is 0.0565. The van der Waals surface area contributed by atoms with Crippen molar-refractivity contribution >= 4 is 5.91 Å². The third kappa shape index (κ3) is 5.89. The van der Waals surface area contributed by atoms with Crippen LogP contribution in [0.1, 0.15) is 28.6 Å². The molecule has 0 bridgehead atoms. The van der Waals surface area contributed by atoms with Gasteiger partial charge in [0.2, 0.25) is 17.6 Å². The fourth-order valence-electron chi connectivity index (χ4n) is 3.40. The van der Waals surface area contributed by atoms with Gasteiger partial charge >= 0.3 is 0 Å². The van der Waals surface area contributed by atoms with E-state index in [1.54, 1.807) is 0 Å². The first kappa shape index (κ1) is 21.5. The highest BCUT2D eigenvalue weighted by Gasteiger charge is 2.22. The van der Waals surface area contributed by atoms with E-state index in [9.17, 15) is 4.79 Å². The molecule has 0 fully saturated rings. The summed E-state index contributed by atoms with van der Waals surface area (Å²) in [6.07, 6.45) is 0.528. The summed E-state index contributed by atoms with van der Waals surface area (Å²) in [5.41, 5.74) is 4.05. The number of carbonyl (C=O) groups excluding carboxylic acids is 1. The molecule has 1 heterocycles. The van der Waals surface area contributed by atoms with Gasteiger partial charge in [-0.3, -0.25) is 4.79 Å². The molecule has 0 radical (unpaired) electrons. The number of hydrogen-bond acceptors (Lipinski definition) is 5. The second kappa shape index (κ2) is 10.5. The number of aromatic nitrogens is 2. The third-order valence-corrected chi connectivity index (χ3v) is 4.98. The third-order valence-electron chi connectivity index (χ3n) is 4.98. The van der Waals surface area contributed by atoms with Crippen molar-refractivity contribution in [2.75, 3.05) is 6.61 Å². The van der Waals surface area contributed by atoms with E-state index in [-0.39, 0.29) is 12.5 Å².